The van der Waals surface area contributed by atoms with Gasteiger partial charge in [0.1, 0.15) is 0 Å². The summed E-state index contributed by atoms with van der Waals surface area (Å²) in [7, 11) is 0. The van der Waals surface area contributed by atoms with Crippen LogP contribution < -0.4 is 0 Å². The van der Waals surface area contributed by atoms with Crippen molar-refractivity contribution in [2.75, 3.05) is 39.3 Å². The van der Waals surface area contributed by atoms with Crippen molar-refractivity contribution < 1.29 is 14.4 Å². The Hall–Kier alpha value is -6.39. The molecule has 3 aliphatic carbocycles. The number of benzene rings is 3. The lowest BCUT2D eigenvalue weighted by Gasteiger charge is -2.36. The Kier molecular flexibility index (Phi) is 16.9. The molecule has 0 bridgehead atoms. The second kappa shape index (κ2) is 24.1. The van der Waals surface area contributed by atoms with Gasteiger partial charge in [0.15, 0.2) is 0 Å². The molecular weight excluding hydrogens is 1020 g/mol. The van der Waals surface area contributed by atoms with Crippen molar-refractivity contribution in [3.8, 4) is 0 Å². The molecule has 3 aliphatic heterocycles. The second-order valence-corrected chi connectivity index (χ2v) is 22.5. The van der Waals surface area contributed by atoms with Gasteiger partial charge in [0.2, 0.25) is 17.7 Å². The average Bonchev–Trinajstić information content (AvgIpc) is 3.93. The zero-order valence-electron chi connectivity index (χ0n) is 44.6. The van der Waals surface area contributed by atoms with Crippen molar-refractivity contribution in [2.24, 2.45) is 11.8 Å². The predicted molar refractivity (Wildman–Crippen MR) is 313 cm³/mol. The van der Waals surface area contributed by atoms with Gasteiger partial charge in [0, 0.05) is 111 Å². The second-order valence-electron chi connectivity index (χ2n) is 21.3. The molecule has 3 aromatic heterocycles. The fraction of sp³-hybridized carbons (Fsp3) is 0.354. The molecule has 2 unspecified atom stereocenters. The van der Waals surface area contributed by atoms with E-state index in [9.17, 15) is 14.4 Å². The van der Waals surface area contributed by atoms with Crippen LogP contribution in [-0.2, 0) is 33.6 Å². The molecule has 6 heterocycles. The highest BCUT2D eigenvalue weighted by Crippen LogP contribution is 2.46. The molecule has 3 aromatic carbocycles. The minimum atomic E-state index is 0.163. The Labute approximate surface area is 469 Å². The largest absolute Gasteiger partial charge is 0.343 e. The number of likely N-dealkylation sites (tertiary alicyclic amines) is 3. The molecule has 0 N–H and O–H groups in total. The molecule has 3 fully saturated rings. The van der Waals surface area contributed by atoms with E-state index in [2.05, 4.69) is 79.8 Å². The number of fused-ring (bicyclic) bond motifs is 6. The van der Waals surface area contributed by atoms with E-state index in [1.165, 1.54) is 66.8 Å². The topological polar surface area (TPSA) is 99.6 Å². The van der Waals surface area contributed by atoms with Crippen LogP contribution in [0.5, 0.6) is 0 Å². The summed E-state index contributed by atoms with van der Waals surface area (Å²) in [6.07, 6.45) is 23.0. The van der Waals surface area contributed by atoms with Crippen molar-refractivity contribution in [3.63, 3.8) is 0 Å². The third-order valence-electron chi connectivity index (χ3n) is 16.8. The summed E-state index contributed by atoms with van der Waals surface area (Å²) < 4.78 is 0. The van der Waals surface area contributed by atoms with Crippen LogP contribution in [0, 0.1) is 11.8 Å². The SMILES string of the molecule is CC(=O)N1CCC(=C2c3ccc(Cl)cc3CCc3cccnc32)CC1.CC(=O)N1CCC(C2c3ccc(Cl)cc3C=Cc3cccnc32)CC1.CCc1cc2c(cc1Cl)C=Cc1cccnc1C2C1CCN(C(C)=O)CC1. The van der Waals surface area contributed by atoms with E-state index in [-0.39, 0.29) is 29.6 Å². The number of halogens is 3. The number of amides is 3. The van der Waals surface area contributed by atoms with Gasteiger partial charge in [-0.05, 0) is 174 Å². The van der Waals surface area contributed by atoms with Crippen LogP contribution in [0.25, 0.3) is 29.9 Å². The van der Waals surface area contributed by atoms with Gasteiger partial charge in [-0.15, -0.1) is 0 Å². The molecule has 12 heteroatoms. The first-order valence-corrected chi connectivity index (χ1v) is 28.6. The molecule has 12 rings (SSSR count). The maximum atomic E-state index is 11.7. The minimum Gasteiger partial charge on any atom is -0.343 e. The summed E-state index contributed by atoms with van der Waals surface area (Å²) >= 11 is 19.0. The van der Waals surface area contributed by atoms with E-state index in [1.54, 1.807) is 20.8 Å². The average molecular weight is 1090 g/mol. The number of rotatable bonds is 3. The molecular formula is C65H67Cl3N6O3. The molecule has 0 saturated carbocycles. The van der Waals surface area contributed by atoms with Gasteiger partial charge in [-0.1, -0.05) is 108 Å². The van der Waals surface area contributed by atoms with Crippen molar-refractivity contribution in [1.29, 1.82) is 0 Å². The maximum Gasteiger partial charge on any atom is 0.219 e. The number of carbonyl (C=O) groups is 3. The van der Waals surface area contributed by atoms with E-state index < -0.39 is 0 Å². The third kappa shape index (κ3) is 11.9. The molecule has 3 amide bonds. The Balaban J connectivity index is 0.000000131. The molecule has 9 nitrogen and oxygen atoms in total. The molecule has 0 radical (unpaired) electrons. The Morgan fingerprint density at radius 1 is 0.519 bits per heavy atom. The first-order chi connectivity index (χ1) is 37.3. The monoisotopic (exact) mass is 1080 g/mol. The van der Waals surface area contributed by atoms with E-state index in [0.29, 0.717) is 11.8 Å². The van der Waals surface area contributed by atoms with E-state index in [0.717, 1.165) is 129 Å². The first kappa shape index (κ1) is 54.0. The van der Waals surface area contributed by atoms with Gasteiger partial charge in [-0.25, -0.2) is 0 Å². The van der Waals surface area contributed by atoms with Crippen molar-refractivity contribution >= 4 is 82.4 Å². The maximum absolute atomic E-state index is 11.7. The highest BCUT2D eigenvalue weighted by Gasteiger charge is 2.36. The number of aromatic nitrogens is 3. The van der Waals surface area contributed by atoms with E-state index >= 15 is 0 Å². The van der Waals surface area contributed by atoms with Crippen LogP contribution in [-0.4, -0.2) is 86.6 Å². The van der Waals surface area contributed by atoms with Gasteiger partial charge in [0.05, 0.1) is 17.1 Å². The van der Waals surface area contributed by atoms with Crippen molar-refractivity contribution in [1.82, 2.24) is 29.7 Å². The summed E-state index contributed by atoms with van der Waals surface area (Å²) in [5, 5.41) is 2.38. The first-order valence-electron chi connectivity index (χ1n) is 27.4. The summed E-state index contributed by atoms with van der Waals surface area (Å²) in [6, 6.07) is 29.2. The van der Waals surface area contributed by atoms with E-state index in [1.807, 2.05) is 69.7 Å². The highest BCUT2D eigenvalue weighted by atomic mass is 35.5. The van der Waals surface area contributed by atoms with Crippen molar-refractivity contribution in [2.45, 2.75) is 97.3 Å². The molecule has 6 aliphatic rings. The van der Waals surface area contributed by atoms with Crippen molar-refractivity contribution in [3.05, 3.63) is 197 Å². The highest BCUT2D eigenvalue weighted by molar-refractivity contribution is 6.31. The summed E-state index contributed by atoms with van der Waals surface area (Å²) in [5.74, 6) is 1.94. The zero-order chi connectivity index (χ0) is 53.7. The van der Waals surface area contributed by atoms with Gasteiger partial charge < -0.3 is 14.7 Å². The number of carbonyl (C=O) groups excluding carboxylic acids is 3. The molecule has 2 atom stereocenters. The minimum absolute atomic E-state index is 0.163. The van der Waals surface area contributed by atoms with E-state index in [4.69, 9.17) is 49.8 Å². The molecule has 396 valence electrons. The van der Waals surface area contributed by atoms with Crippen LogP contribution in [0.2, 0.25) is 15.1 Å². The number of pyridine rings is 3. The normalized spacial score (nSPS) is 18.8. The standard InChI is InChI=1S/C23H25ClN2O.2C21H21ClN2O/c1-3-16-13-20-19(14-21(16)24)7-6-18-5-4-10-25-23(18)22(20)17-8-11-26(12-9-17)15(2)27;2*1-14(25)24-11-8-15(9-12-24)20-19-7-6-18(22)13-17(19)5-4-16-3-2-10-23-21(16)20/h4-7,10,13-14,17,22H,3,8-9,11-12H2,1-2H3;2-3,6-7,10,13H,4-5,8-9,11-12H2,1H3;2-7,10,13,15,20H,8-9,11-12H2,1H3. The lowest BCUT2D eigenvalue weighted by molar-refractivity contribution is -0.131. The Morgan fingerprint density at radius 3 is 1.60 bits per heavy atom. The fourth-order valence-corrected chi connectivity index (χ4v) is 13.3. The molecule has 77 heavy (non-hydrogen) atoms. The van der Waals surface area contributed by atoms with Gasteiger partial charge in [-0.3, -0.25) is 29.3 Å². The summed E-state index contributed by atoms with van der Waals surface area (Å²) in [4.78, 5) is 55.2. The Bertz CT molecular complexity index is 3290. The summed E-state index contributed by atoms with van der Waals surface area (Å²) in [5.41, 5.74) is 18.4. The lowest BCUT2D eigenvalue weighted by atomic mass is 9.76. The van der Waals surface area contributed by atoms with Crippen LogP contribution in [0.1, 0.15) is 151 Å². The molecule has 0 spiro atoms. The number of nitrogens with zero attached hydrogens (tertiary/aromatic N) is 6. The third-order valence-corrected chi connectivity index (χ3v) is 17.6. The van der Waals surface area contributed by atoms with Crippen LogP contribution in [0.15, 0.2) is 109 Å². The molecule has 6 aromatic rings. The van der Waals surface area contributed by atoms with Crippen LogP contribution >= 0.6 is 34.8 Å². The zero-order valence-corrected chi connectivity index (χ0v) is 46.9. The van der Waals surface area contributed by atoms with Gasteiger partial charge in [0.25, 0.3) is 0 Å². The predicted octanol–water partition coefficient (Wildman–Crippen LogP) is 14.1. The lowest BCUT2D eigenvalue weighted by Crippen LogP contribution is -2.38. The Morgan fingerprint density at radius 2 is 1.01 bits per heavy atom. The smallest absolute Gasteiger partial charge is 0.219 e. The van der Waals surface area contributed by atoms with Crippen LogP contribution in [0.4, 0.5) is 0 Å². The number of hydrogen-bond donors (Lipinski definition) is 0. The van der Waals surface area contributed by atoms with Gasteiger partial charge in [-0.2, -0.15) is 0 Å². The fourth-order valence-electron chi connectivity index (χ4n) is 12.7. The number of hydrogen-bond acceptors (Lipinski definition) is 6. The van der Waals surface area contributed by atoms with Crippen LogP contribution in [0.3, 0.4) is 0 Å². The number of aryl methyl sites for hydroxylation is 3. The molecule has 3 saturated heterocycles. The number of piperidine rings is 3. The van der Waals surface area contributed by atoms with Gasteiger partial charge >= 0.3 is 0 Å². The summed E-state index contributed by atoms with van der Waals surface area (Å²) in [6.45, 7) is 12.0. The quantitative estimate of drug-likeness (QED) is 0.175.